The number of anilines is 1. The smallest absolute Gasteiger partial charge is 0.336 e. The lowest BCUT2D eigenvalue weighted by Gasteiger charge is -2.09. The number of rotatable bonds is 4. The van der Waals surface area contributed by atoms with Crippen LogP contribution in [-0.2, 0) is 0 Å². The Balaban J connectivity index is 2.98. The molecule has 1 aromatic carbocycles. The number of carboxylic acid groups (broad SMARTS) is 1. The average molecular weight is 298 g/mol. The lowest BCUT2D eigenvalue weighted by atomic mass is 10.2. The second kappa shape index (κ2) is 5.20. The summed E-state index contributed by atoms with van der Waals surface area (Å²) in [7, 11) is 0. The zero-order chi connectivity index (χ0) is 12.3. The maximum Gasteiger partial charge on any atom is 0.336 e. The second-order valence-electron chi connectivity index (χ2n) is 2.87. The topological polar surface area (TPSA) is 49.3 Å². The monoisotopic (exact) mass is 297 g/mol. The molecule has 0 unspecified atom stereocenters. The quantitative estimate of drug-likeness (QED) is 0.898. The third-order valence-corrected chi connectivity index (χ3v) is 2.53. The van der Waals surface area contributed by atoms with Gasteiger partial charge >= 0.3 is 5.97 Å². The minimum absolute atomic E-state index is 0.169. The maximum atomic E-state index is 13.5. The molecule has 0 heterocycles. The maximum absolute atomic E-state index is 13.5. The first-order chi connectivity index (χ1) is 7.43. The normalized spacial score (nSPS) is 10.6. The van der Waals surface area contributed by atoms with Crippen molar-refractivity contribution in [1.29, 1.82) is 0 Å². The van der Waals surface area contributed by atoms with Crippen LogP contribution in [0, 0.1) is 5.82 Å². The van der Waals surface area contributed by atoms with Crippen molar-refractivity contribution in [2.75, 3.05) is 11.9 Å². The van der Waals surface area contributed by atoms with Gasteiger partial charge in [0, 0.05) is 0 Å². The van der Waals surface area contributed by atoms with Gasteiger partial charge in [-0.05, 0) is 28.1 Å². The predicted octanol–water partition coefficient (Wildman–Crippen LogP) is 2.96. The highest BCUT2D eigenvalue weighted by Crippen LogP contribution is 2.27. The Morgan fingerprint density at radius 1 is 1.50 bits per heavy atom. The number of nitrogens with one attached hydrogen (secondary N) is 1. The molecular weight excluding hydrogens is 291 g/mol. The molecule has 0 radical (unpaired) electrons. The number of benzene rings is 1. The Hall–Kier alpha value is -1.24. The van der Waals surface area contributed by atoms with Crippen LogP contribution >= 0.6 is 15.9 Å². The number of halogens is 4. The van der Waals surface area contributed by atoms with E-state index in [1.54, 1.807) is 0 Å². The van der Waals surface area contributed by atoms with Crippen LogP contribution in [0.2, 0.25) is 0 Å². The Morgan fingerprint density at radius 2 is 2.12 bits per heavy atom. The van der Waals surface area contributed by atoms with Gasteiger partial charge in [0.2, 0.25) is 0 Å². The van der Waals surface area contributed by atoms with E-state index in [0.717, 1.165) is 12.1 Å². The fraction of sp³-hybridized carbons (Fsp3) is 0.222. The fourth-order valence-corrected chi connectivity index (χ4v) is 1.55. The summed E-state index contributed by atoms with van der Waals surface area (Å²) >= 11 is 2.76. The van der Waals surface area contributed by atoms with Crippen LogP contribution < -0.4 is 5.32 Å². The molecule has 2 N–H and O–H groups in total. The van der Waals surface area contributed by atoms with Crippen LogP contribution in [-0.4, -0.2) is 24.0 Å². The van der Waals surface area contributed by atoms with E-state index in [-0.39, 0.29) is 15.7 Å². The number of hydrogen-bond acceptors (Lipinski definition) is 2. The van der Waals surface area contributed by atoms with Crippen molar-refractivity contribution in [3.63, 3.8) is 0 Å². The molecule has 16 heavy (non-hydrogen) atoms. The molecule has 0 aliphatic rings. The van der Waals surface area contributed by atoms with Gasteiger partial charge in [0.15, 0.2) is 5.82 Å². The Morgan fingerprint density at radius 3 is 2.62 bits per heavy atom. The van der Waals surface area contributed by atoms with Crippen LogP contribution in [0.25, 0.3) is 0 Å². The summed E-state index contributed by atoms with van der Waals surface area (Å²) in [6, 6.07) is 2.23. The predicted molar refractivity (Wildman–Crippen MR) is 55.6 cm³/mol. The van der Waals surface area contributed by atoms with Crippen molar-refractivity contribution in [2.45, 2.75) is 6.43 Å². The van der Waals surface area contributed by atoms with Crippen molar-refractivity contribution < 1.29 is 23.1 Å². The summed E-state index contributed by atoms with van der Waals surface area (Å²) in [5.41, 5.74) is -0.433. The van der Waals surface area contributed by atoms with E-state index in [1.807, 2.05) is 0 Å². The molecule has 0 atom stereocenters. The molecule has 0 bridgehead atoms. The lowest BCUT2D eigenvalue weighted by molar-refractivity contribution is 0.0695. The molecule has 0 amide bonds. The minimum Gasteiger partial charge on any atom is -0.478 e. The number of alkyl halides is 2. The summed E-state index contributed by atoms with van der Waals surface area (Å²) in [6.45, 7) is -0.699. The van der Waals surface area contributed by atoms with Gasteiger partial charge in [-0.1, -0.05) is 0 Å². The molecule has 0 fully saturated rings. The first-order valence-electron chi connectivity index (χ1n) is 4.16. The van der Waals surface area contributed by atoms with E-state index < -0.39 is 24.8 Å². The van der Waals surface area contributed by atoms with E-state index in [0.29, 0.717) is 0 Å². The second-order valence-corrected chi connectivity index (χ2v) is 3.66. The Kier molecular flexibility index (Phi) is 4.17. The molecule has 7 heteroatoms. The van der Waals surface area contributed by atoms with Crippen molar-refractivity contribution in [3.8, 4) is 0 Å². The standard InChI is InChI=1S/C9H7BrF3NO2/c10-7-4(9(15)16)1-2-5(8(7)13)14-3-6(11)12/h1-2,6,14H,3H2,(H,15,16). The minimum atomic E-state index is -2.61. The molecular formula is C9H7BrF3NO2. The highest BCUT2D eigenvalue weighted by molar-refractivity contribution is 9.10. The van der Waals surface area contributed by atoms with Crippen LogP contribution in [0.1, 0.15) is 10.4 Å². The first kappa shape index (κ1) is 12.8. The summed E-state index contributed by atoms with van der Waals surface area (Å²) in [4.78, 5) is 10.6. The zero-order valence-corrected chi connectivity index (χ0v) is 9.39. The van der Waals surface area contributed by atoms with Gasteiger partial charge < -0.3 is 10.4 Å². The van der Waals surface area contributed by atoms with Gasteiger partial charge in [0.25, 0.3) is 6.43 Å². The van der Waals surface area contributed by atoms with Crippen molar-refractivity contribution in [2.24, 2.45) is 0 Å². The molecule has 88 valence electrons. The number of hydrogen-bond donors (Lipinski definition) is 2. The highest BCUT2D eigenvalue weighted by Gasteiger charge is 2.16. The third kappa shape index (κ3) is 2.88. The average Bonchev–Trinajstić information content (AvgIpc) is 2.19. The van der Waals surface area contributed by atoms with E-state index in [1.165, 1.54) is 0 Å². The van der Waals surface area contributed by atoms with Gasteiger partial charge in [0.05, 0.1) is 22.3 Å². The van der Waals surface area contributed by atoms with Crippen LogP contribution in [0.5, 0.6) is 0 Å². The molecule has 3 nitrogen and oxygen atoms in total. The molecule has 0 aromatic heterocycles. The van der Waals surface area contributed by atoms with Crippen molar-refractivity contribution in [1.82, 2.24) is 0 Å². The summed E-state index contributed by atoms with van der Waals surface area (Å²) in [5, 5.41) is 10.8. The van der Waals surface area contributed by atoms with E-state index >= 15 is 0 Å². The van der Waals surface area contributed by atoms with Gasteiger partial charge in [-0.15, -0.1) is 0 Å². The molecule has 0 saturated heterocycles. The summed E-state index contributed by atoms with van der Waals surface area (Å²) in [5.74, 6) is -2.20. The lowest BCUT2D eigenvalue weighted by Crippen LogP contribution is -2.12. The van der Waals surface area contributed by atoms with E-state index in [2.05, 4.69) is 21.2 Å². The number of carbonyl (C=O) groups is 1. The molecule has 0 spiro atoms. The molecule has 1 rings (SSSR count). The van der Waals surface area contributed by atoms with E-state index in [9.17, 15) is 18.0 Å². The van der Waals surface area contributed by atoms with Crippen LogP contribution in [0.4, 0.5) is 18.9 Å². The van der Waals surface area contributed by atoms with Gasteiger partial charge in [0.1, 0.15) is 0 Å². The van der Waals surface area contributed by atoms with Gasteiger partial charge in [-0.3, -0.25) is 0 Å². The molecule has 1 aromatic rings. The van der Waals surface area contributed by atoms with Crippen LogP contribution in [0.3, 0.4) is 0 Å². The SMILES string of the molecule is O=C(O)c1ccc(NCC(F)F)c(F)c1Br. The van der Waals surface area contributed by atoms with Crippen molar-refractivity contribution >= 4 is 27.6 Å². The summed E-state index contributed by atoms with van der Waals surface area (Å²) in [6.07, 6.45) is -2.61. The van der Waals surface area contributed by atoms with Crippen molar-refractivity contribution in [3.05, 3.63) is 28.0 Å². The fourth-order valence-electron chi connectivity index (χ4n) is 1.04. The Labute approximate surface area is 97.4 Å². The van der Waals surface area contributed by atoms with E-state index in [4.69, 9.17) is 5.11 Å². The van der Waals surface area contributed by atoms with Gasteiger partial charge in [-0.2, -0.15) is 0 Å². The zero-order valence-electron chi connectivity index (χ0n) is 7.81. The first-order valence-corrected chi connectivity index (χ1v) is 4.96. The van der Waals surface area contributed by atoms with Gasteiger partial charge in [-0.25, -0.2) is 18.0 Å². The largest absolute Gasteiger partial charge is 0.478 e. The highest BCUT2D eigenvalue weighted by atomic mass is 79.9. The number of aromatic carboxylic acids is 1. The summed E-state index contributed by atoms with van der Waals surface area (Å²) < 4.78 is 36.9. The molecule has 0 aliphatic carbocycles. The van der Waals surface area contributed by atoms with Crippen LogP contribution in [0.15, 0.2) is 16.6 Å². The third-order valence-electron chi connectivity index (χ3n) is 1.76. The number of carboxylic acids is 1. The molecule has 0 aliphatic heterocycles. The molecule has 0 saturated carbocycles. The Bertz CT molecular complexity index is 412.